The topological polar surface area (TPSA) is 88.2 Å². The van der Waals surface area contributed by atoms with Crippen LogP contribution in [-0.2, 0) is 9.53 Å². The van der Waals surface area contributed by atoms with Crippen molar-refractivity contribution < 1.29 is 9.53 Å². The van der Waals surface area contributed by atoms with Crippen molar-refractivity contribution in [1.82, 2.24) is 5.32 Å². The number of nitrogens with one attached hydrogen (secondary N) is 2. The lowest BCUT2D eigenvalue weighted by molar-refractivity contribution is -0.150. The first kappa shape index (κ1) is 10.7. The molecule has 0 aromatic carbocycles. The maximum atomic E-state index is 10.9. The van der Waals surface area contributed by atoms with Crippen molar-refractivity contribution in [2.24, 2.45) is 5.73 Å². The zero-order valence-corrected chi connectivity index (χ0v) is 7.47. The highest BCUT2D eigenvalue weighted by molar-refractivity contribution is 5.85. The molecule has 0 aromatic heterocycles. The summed E-state index contributed by atoms with van der Waals surface area (Å²) in [6.07, 6.45) is 0. The molecule has 0 fully saturated rings. The maximum Gasteiger partial charge on any atom is 0.331 e. The van der Waals surface area contributed by atoms with Gasteiger partial charge in [-0.05, 0) is 20.8 Å². The molecule has 4 N–H and O–H groups in total. The van der Waals surface area contributed by atoms with Crippen molar-refractivity contribution in [3.05, 3.63) is 6.54 Å². The minimum Gasteiger partial charge on any atom is -0.458 e. The lowest BCUT2D eigenvalue weighted by atomic mass is 10.2. The highest BCUT2D eigenvalue weighted by atomic mass is 16.6. The van der Waals surface area contributed by atoms with Crippen molar-refractivity contribution >= 4 is 11.9 Å². The van der Waals surface area contributed by atoms with Crippen LogP contribution in [0.4, 0.5) is 0 Å². The van der Waals surface area contributed by atoms with Crippen molar-refractivity contribution in [2.75, 3.05) is 0 Å². The Balaban J connectivity index is 3.68. The number of hydrogen-bond donors (Lipinski definition) is 3. The van der Waals surface area contributed by atoms with Gasteiger partial charge in [-0.15, -0.1) is 0 Å². The van der Waals surface area contributed by atoms with E-state index in [1.807, 2.05) is 0 Å². The average molecular weight is 172 g/mol. The van der Waals surface area contributed by atoms with E-state index in [1.54, 1.807) is 20.8 Å². The third kappa shape index (κ3) is 6.85. The number of esters is 1. The molecule has 0 rings (SSSR count). The molecule has 5 heteroatoms. The van der Waals surface area contributed by atoms with Crippen molar-refractivity contribution in [1.29, 1.82) is 5.41 Å². The molecule has 0 bridgehead atoms. The fraction of sp³-hybridized carbons (Fsp3) is 0.571. The number of nitrogens with two attached hydrogens (primary N) is 1. The largest absolute Gasteiger partial charge is 0.458 e. The fourth-order valence-corrected chi connectivity index (χ4v) is 0.468. The molecule has 1 radical (unpaired) electrons. The smallest absolute Gasteiger partial charge is 0.331 e. The average Bonchev–Trinajstić information content (AvgIpc) is 1.79. The van der Waals surface area contributed by atoms with E-state index in [9.17, 15) is 4.79 Å². The zero-order chi connectivity index (χ0) is 9.78. The van der Waals surface area contributed by atoms with Crippen LogP contribution in [0.1, 0.15) is 20.8 Å². The number of carbonyl (C=O) groups excluding carboxylic acids is 1. The molecular formula is C7H14N3O2. The molecule has 0 spiro atoms. The Labute approximate surface area is 71.8 Å². The van der Waals surface area contributed by atoms with E-state index in [-0.39, 0.29) is 5.96 Å². The summed E-state index contributed by atoms with van der Waals surface area (Å²) < 4.78 is 4.88. The predicted molar refractivity (Wildman–Crippen MR) is 45.2 cm³/mol. The van der Waals surface area contributed by atoms with Crippen molar-refractivity contribution in [3.8, 4) is 0 Å². The van der Waals surface area contributed by atoms with Gasteiger partial charge in [0.25, 0.3) is 0 Å². The van der Waals surface area contributed by atoms with Gasteiger partial charge in [-0.1, -0.05) is 0 Å². The number of ether oxygens (including phenoxy) is 1. The predicted octanol–water partition coefficient (Wildman–Crippen LogP) is -0.0270. The summed E-state index contributed by atoms with van der Waals surface area (Å²) in [6.45, 7) is 6.28. The summed E-state index contributed by atoms with van der Waals surface area (Å²) in [5.74, 6) is -0.835. The summed E-state index contributed by atoms with van der Waals surface area (Å²) in [5, 5.41) is 8.98. The Morgan fingerprint density at radius 2 is 2.08 bits per heavy atom. The normalized spacial score (nSPS) is 10.6. The molecule has 0 amide bonds. The first-order valence-electron chi connectivity index (χ1n) is 3.48. The molecule has 0 aliphatic carbocycles. The second kappa shape index (κ2) is 3.94. The standard InChI is InChI=1S/C7H14N3O2/c1-7(2,3)12-5(11)4-10-6(8)9/h4H,1-3H3,(H4,8,9,10). The SMILES string of the molecule is CC(C)(C)OC(=O)[CH]NC(=N)N. The molecule has 0 saturated carbocycles. The van der Waals surface area contributed by atoms with E-state index in [0.29, 0.717) is 0 Å². The van der Waals surface area contributed by atoms with Crippen LogP contribution < -0.4 is 11.1 Å². The van der Waals surface area contributed by atoms with Crippen LogP contribution in [0.3, 0.4) is 0 Å². The second-order valence-corrected chi connectivity index (χ2v) is 3.24. The monoisotopic (exact) mass is 172 g/mol. The van der Waals surface area contributed by atoms with Gasteiger partial charge in [0, 0.05) is 0 Å². The second-order valence-electron chi connectivity index (χ2n) is 3.24. The lowest BCUT2D eigenvalue weighted by Gasteiger charge is -2.19. The van der Waals surface area contributed by atoms with Crippen molar-refractivity contribution in [2.45, 2.75) is 26.4 Å². The quantitative estimate of drug-likeness (QED) is 0.310. The molecule has 0 heterocycles. The zero-order valence-electron chi connectivity index (χ0n) is 7.47. The molecule has 0 saturated heterocycles. The Bertz CT molecular complexity index is 184. The third-order valence-corrected chi connectivity index (χ3v) is 0.752. The van der Waals surface area contributed by atoms with E-state index in [1.165, 1.54) is 0 Å². The number of hydrogen-bond acceptors (Lipinski definition) is 3. The molecule has 69 valence electrons. The minimum absolute atomic E-state index is 0.291. The van der Waals surface area contributed by atoms with Gasteiger partial charge >= 0.3 is 5.97 Å². The molecular weight excluding hydrogens is 158 g/mol. The first-order chi connectivity index (χ1) is 5.31. The molecule has 12 heavy (non-hydrogen) atoms. The van der Waals surface area contributed by atoms with Gasteiger partial charge in [-0.25, -0.2) is 4.79 Å². The Morgan fingerprint density at radius 1 is 1.58 bits per heavy atom. The van der Waals surface area contributed by atoms with Gasteiger partial charge in [0.2, 0.25) is 0 Å². The van der Waals surface area contributed by atoms with Crippen LogP contribution in [0.15, 0.2) is 0 Å². The number of rotatable bonds is 2. The van der Waals surface area contributed by atoms with Crippen LogP contribution in [0.5, 0.6) is 0 Å². The summed E-state index contributed by atoms with van der Waals surface area (Å²) in [7, 11) is 0. The van der Waals surface area contributed by atoms with Crippen LogP contribution in [0, 0.1) is 12.0 Å². The van der Waals surface area contributed by atoms with Crippen LogP contribution in [0.25, 0.3) is 0 Å². The number of carbonyl (C=O) groups is 1. The molecule has 0 aliphatic rings. The van der Waals surface area contributed by atoms with Gasteiger partial charge in [0.05, 0.1) is 0 Å². The van der Waals surface area contributed by atoms with E-state index in [0.717, 1.165) is 6.54 Å². The van der Waals surface area contributed by atoms with Crippen LogP contribution in [-0.4, -0.2) is 17.5 Å². The van der Waals surface area contributed by atoms with Crippen LogP contribution >= 0.6 is 0 Å². The Hall–Kier alpha value is -1.26. The van der Waals surface area contributed by atoms with Gasteiger partial charge in [0.1, 0.15) is 5.60 Å². The lowest BCUT2D eigenvalue weighted by Crippen LogP contribution is -2.34. The van der Waals surface area contributed by atoms with Gasteiger partial charge in [-0.3, -0.25) is 5.41 Å². The first-order valence-corrected chi connectivity index (χ1v) is 3.48. The summed E-state index contributed by atoms with van der Waals surface area (Å²) in [6, 6.07) is 0. The van der Waals surface area contributed by atoms with E-state index in [2.05, 4.69) is 5.32 Å². The van der Waals surface area contributed by atoms with E-state index < -0.39 is 11.6 Å². The maximum absolute atomic E-state index is 10.9. The highest BCUT2D eigenvalue weighted by Gasteiger charge is 2.15. The van der Waals surface area contributed by atoms with Gasteiger partial charge < -0.3 is 15.8 Å². The number of guanidine groups is 1. The third-order valence-electron chi connectivity index (χ3n) is 0.752. The molecule has 0 aromatic rings. The molecule has 0 atom stereocenters. The Morgan fingerprint density at radius 3 is 2.42 bits per heavy atom. The fourth-order valence-electron chi connectivity index (χ4n) is 0.468. The summed E-state index contributed by atoms with van der Waals surface area (Å²) in [4.78, 5) is 10.9. The minimum atomic E-state index is -0.544. The van der Waals surface area contributed by atoms with Gasteiger partial charge in [0.15, 0.2) is 12.5 Å². The highest BCUT2D eigenvalue weighted by Crippen LogP contribution is 2.06. The molecule has 0 aliphatic heterocycles. The Kier molecular flexibility index (Phi) is 3.53. The van der Waals surface area contributed by atoms with Gasteiger partial charge in [-0.2, -0.15) is 0 Å². The van der Waals surface area contributed by atoms with E-state index >= 15 is 0 Å². The van der Waals surface area contributed by atoms with Crippen molar-refractivity contribution in [3.63, 3.8) is 0 Å². The summed E-state index contributed by atoms with van der Waals surface area (Å²) >= 11 is 0. The molecule has 5 nitrogen and oxygen atoms in total. The van der Waals surface area contributed by atoms with Crippen LogP contribution in [0.2, 0.25) is 0 Å². The summed E-state index contributed by atoms with van der Waals surface area (Å²) in [5.41, 5.74) is 4.42. The molecule has 0 unspecified atom stereocenters. The van der Waals surface area contributed by atoms with E-state index in [4.69, 9.17) is 15.9 Å².